The maximum Gasteiger partial charge on any atom is 0.287 e. The number of nitrogens with zero attached hydrogens (tertiary/aromatic N) is 1. The molecule has 1 N–H and O–H groups in total. The first-order valence-electron chi connectivity index (χ1n) is 5.62. The predicted molar refractivity (Wildman–Crippen MR) is 68.5 cm³/mol. The molecule has 0 saturated heterocycles. The fraction of sp³-hybridized carbons (Fsp3) is 0.583. The molecule has 1 rings (SSSR count). The molecule has 0 aliphatic carbocycles. The number of carbonyl (C=O) groups excluding carboxylic acids is 1. The van der Waals surface area contributed by atoms with Gasteiger partial charge in [0, 0.05) is 12.1 Å². The zero-order chi connectivity index (χ0) is 12.8. The Morgan fingerprint density at radius 3 is 2.76 bits per heavy atom. The van der Waals surface area contributed by atoms with Gasteiger partial charge in [0.25, 0.3) is 5.91 Å². The molecule has 0 atom stereocenters. The maximum atomic E-state index is 11.7. The molecule has 0 fully saturated rings. The second-order valence-corrected chi connectivity index (χ2v) is 4.51. The van der Waals surface area contributed by atoms with Crippen molar-refractivity contribution < 1.29 is 9.21 Å². The van der Waals surface area contributed by atoms with Crippen LogP contribution >= 0.6 is 11.6 Å². The third-order valence-electron chi connectivity index (χ3n) is 2.46. The lowest BCUT2D eigenvalue weighted by Gasteiger charge is -2.09. The summed E-state index contributed by atoms with van der Waals surface area (Å²) in [5.74, 6) is 1.23. The summed E-state index contributed by atoms with van der Waals surface area (Å²) in [5.41, 5.74) is 0.866. The highest BCUT2D eigenvalue weighted by Crippen LogP contribution is 2.16. The van der Waals surface area contributed by atoms with E-state index in [4.69, 9.17) is 16.0 Å². The highest BCUT2D eigenvalue weighted by molar-refractivity contribution is 6.17. The van der Waals surface area contributed by atoms with E-state index in [9.17, 15) is 4.79 Å². The van der Waals surface area contributed by atoms with Crippen molar-refractivity contribution in [3.63, 3.8) is 0 Å². The van der Waals surface area contributed by atoms with Crippen LogP contribution in [0.15, 0.2) is 10.5 Å². The van der Waals surface area contributed by atoms with Crippen LogP contribution in [0.5, 0.6) is 0 Å². The zero-order valence-corrected chi connectivity index (χ0v) is 11.3. The molecular formula is C12H19ClN2O2. The highest BCUT2D eigenvalue weighted by atomic mass is 35.5. The predicted octanol–water partition coefficient (Wildman–Crippen LogP) is 2.01. The van der Waals surface area contributed by atoms with Gasteiger partial charge >= 0.3 is 0 Å². The maximum absolute atomic E-state index is 11.7. The van der Waals surface area contributed by atoms with Gasteiger partial charge in [-0.1, -0.05) is 0 Å². The van der Waals surface area contributed by atoms with Crippen molar-refractivity contribution in [1.29, 1.82) is 0 Å². The van der Waals surface area contributed by atoms with E-state index < -0.39 is 0 Å². The first-order valence-corrected chi connectivity index (χ1v) is 6.16. The molecule has 1 aromatic rings. The van der Waals surface area contributed by atoms with Gasteiger partial charge in [0.1, 0.15) is 5.76 Å². The number of halogens is 1. The van der Waals surface area contributed by atoms with Gasteiger partial charge in [0.15, 0.2) is 5.76 Å². The number of carbonyl (C=O) groups is 1. The summed E-state index contributed by atoms with van der Waals surface area (Å²) in [6, 6.07) is 1.70. The third-order valence-corrected chi connectivity index (χ3v) is 2.74. The Morgan fingerprint density at radius 2 is 2.24 bits per heavy atom. The molecule has 0 saturated carbocycles. The lowest BCUT2D eigenvalue weighted by Crippen LogP contribution is -2.26. The second kappa shape index (κ2) is 6.67. The number of nitrogens with one attached hydrogen (secondary N) is 1. The van der Waals surface area contributed by atoms with E-state index in [1.165, 1.54) is 0 Å². The lowest BCUT2D eigenvalue weighted by atomic mass is 10.3. The molecule has 0 aliphatic heterocycles. The molecule has 0 aliphatic rings. The number of aryl methyl sites for hydroxylation is 1. The number of amides is 1. The van der Waals surface area contributed by atoms with Gasteiger partial charge < -0.3 is 14.6 Å². The molecule has 96 valence electrons. The van der Waals surface area contributed by atoms with E-state index in [2.05, 4.69) is 10.2 Å². The van der Waals surface area contributed by atoms with Crippen LogP contribution in [-0.2, 0) is 5.88 Å². The topological polar surface area (TPSA) is 45.5 Å². The third kappa shape index (κ3) is 4.40. The van der Waals surface area contributed by atoms with Crippen LogP contribution in [0.4, 0.5) is 0 Å². The smallest absolute Gasteiger partial charge is 0.287 e. The van der Waals surface area contributed by atoms with E-state index in [0.29, 0.717) is 23.9 Å². The van der Waals surface area contributed by atoms with Crippen molar-refractivity contribution in [2.45, 2.75) is 19.2 Å². The Kier molecular flexibility index (Phi) is 5.51. The molecule has 1 amide bonds. The van der Waals surface area contributed by atoms with Crippen LogP contribution in [0.3, 0.4) is 0 Å². The minimum Gasteiger partial charge on any atom is -0.456 e. The monoisotopic (exact) mass is 258 g/mol. The molecule has 1 aromatic heterocycles. The Labute approximate surface area is 107 Å². The van der Waals surface area contributed by atoms with Crippen LogP contribution in [0.1, 0.15) is 28.3 Å². The first kappa shape index (κ1) is 14.1. The van der Waals surface area contributed by atoms with E-state index in [1.807, 2.05) is 14.1 Å². The number of furan rings is 1. The summed E-state index contributed by atoms with van der Waals surface area (Å²) in [6.07, 6.45) is 0.917. The minimum absolute atomic E-state index is 0.178. The summed E-state index contributed by atoms with van der Waals surface area (Å²) in [7, 11) is 4.01. The van der Waals surface area contributed by atoms with Crippen molar-refractivity contribution in [2.75, 3.05) is 27.2 Å². The zero-order valence-electron chi connectivity index (χ0n) is 10.5. The number of hydrogen-bond acceptors (Lipinski definition) is 3. The van der Waals surface area contributed by atoms with Gasteiger partial charge in [-0.25, -0.2) is 0 Å². The Balaban J connectivity index is 2.41. The van der Waals surface area contributed by atoms with Crippen LogP contribution in [-0.4, -0.2) is 38.0 Å². The van der Waals surface area contributed by atoms with Crippen molar-refractivity contribution in [1.82, 2.24) is 10.2 Å². The first-order chi connectivity index (χ1) is 8.04. The number of alkyl halides is 1. The minimum atomic E-state index is -0.178. The van der Waals surface area contributed by atoms with E-state index in [-0.39, 0.29) is 5.91 Å². The standard InChI is InChI=1S/C12H19ClN2O2/c1-9-10(8-13)7-11(17-9)12(16)14-5-4-6-15(2)3/h7H,4-6,8H2,1-3H3,(H,14,16). The molecule has 5 heteroatoms. The number of rotatable bonds is 6. The van der Waals surface area contributed by atoms with Gasteiger partial charge in [0.2, 0.25) is 0 Å². The lowest BCUT2D eigenvalue weighted by molar-refractivity contribution is 0.0923. The van der Waals surface area contributed by atoms with Crippen LogP contribution in [0.2, 0.25) is 0 Å². The SMILES string of the molecule is Cc1oc(C(=O)NCCCN(C)C)cc1CCl. The summed E-state index contributed by atoms with van der Waals surface area (Å²) in [5, 5.41) is 2.82. The fourth-order valence-corrected chi connectivity index (χ4v) is 1.71. The van der Waals surface area contributed by atoms with E-state index >= 15 is 0 Å². The Bertz CT molecular complexity index is 375. The molecule has 0 unspecified atom stereocenters. The average Bonchev–Trinajstić information content (AvgIpc) is 2.65. The van der Waals surface area contributed by atoms with E-state index in [0.717, 1.165) is 18.5 Å². The van der Waals surface area contributed by atoms with Crippen LogP contribution < -0.4 is 5.32 Å². The Hall–Kier alpha value is -1.00. The van der Waals surface area contributed by atoms with Crippen LogP contribution in [0, 0.1) is 6.92 Å². The summed E-state index contributed by atoms with van der Waals surface area (Å²) in [4.78, 5) is 13.8. The molecule has 0 radical (unpaired) electrons. The van der Waals surface area contributed by atoms with Crippen molar-refractivity contribution in [3.8, 4) is 0 Å². The van der Waals surface area contributed by atoms with Crippen LogP contribution in [0.25, 0.3) is 0 Å². The molecule has 0 spiro atoms. The molecule has 0 bridgehead atoms. The molecular weight excluding hydrogens is 240 g/mol. The second-order valence-electron chi connectivity index (χ2n) is 4.24. The van der Waals surface area contributed by atoms with Gasteiger partial charge in [0.05, 0.1) is 5.88 Å². The van der Waals surface area contributed by atoms with Gasteiger partial charge in [-0.05, 0) is 40.1 Å². The average molecular weight is 259 g/mol. The molecule has 0 aromatic carbocycles. The van der Waals surface area contributed by atoms with Crippen molar-refractivity contribution >= 4 is 17.5 Å². The van der Waals surface area contributed by atoms with Crippen molar-refractivity contribution in [3.05, 3.63) is 23.2 Å². The van der Waals surface area contributed by atoms with Gasteiger partial charge in [-0.3, -0.25) is 4.79 Å². The number of hydrogen-bond donors (Lipinski definition) is 1. The Morgan fingerprint density at radius 1 is 1.53 bits per heavy atom. The van der Waals surface area contributed by atoms with Gasteiger partial charge in [-0.2, -0.15) is 0 Å². The summed E-state index contributed by atoms with van der Waals surface area (Å²) >= 11 is 5.71. The van der Waals surface area contributed by atoms with E-state index in [1.54, 1.807) is 13.0 Å². The summed E-state index contributed by atoms with van der Waals surface area (Å²) < 4.78 is 5.34. The molecule has 1 heterocycles. The largest absolute Gasteiger partial charge is 0.456 e. The normalized spacial score (nSPS) is 10.9. The van der Waals surface area contributed by atoms with Crippen molar-refractivity contribution in [2.24, 2.45) is 0 Å². The summed E-state index contributed by atoms with van der Waals surface area (Å²) in [6.45, 7) is 3.40. The fourth-order valence-electron chi connectivity index (χ4n) is 1.45. The van der Waals surface area contributed by atoms with Gasteiger partial charge in [-0.15, -0.1) is 11.6 Å². The molecule has 4 nitrogen and oxygen atoms in total. The quantitative estimate of drug-likeness (QED) is 0.627. The highest BCUT2D eigenvalue weighted by Gasteiger charge is 2.13. The molecule has 17 heavy (non-hydrogen) atoms.